The van der Waals surface area contributed by atoms with Crippen molar-refractivity contribution in [3.05, 3.63) is 71.8 Å². The molecule has 2 aromatic heterocycles. The molecular weight excluding hydrogens is 304 g/mol. The van der Waals surface area contributed by atoms with E-state index in [0.717, 1.165) is 29.9 Å². The van der Waals surface area contributed by atoms with Gasteiger partial charge >= 0.3 is 5.97 Å². The number of hydrogen-bond donors (Lipinski definition) is 0. The highest BCUT2D eigenvalue weighted by molar-refractivity contribution is 5.86. The van der Waals surface area contributed by atoms with Crippen molar-refractivity contribution in [3.8, 4) is 5.69 Å². The van der Waals surface area contributed by atoms with Gasteiger partial charge in [0.2, 0.25) is 0 Å². The van der Waals surface area contributed by atoms with Gasteiger partial charge in [0.15, 0.2) is 5.69 Å². The van der Waals surface area contributed by atoms with E-state index in [9.17, 15) is 4.79 Å². The fraction of sp³-hybridized carbons (Fsp3) is 0.222. The molecule has 0 fully saturated rings. The molecule has 0 amide bonds. The van der Waals surface area contributed by atoms with E-state index in [4.69, 9.17) is 4.74 Å². The second kappa shape index (κ2) is 7.50. The number of nitrogens with zero attached hydrogens (tertiary/aromatic N) is 4. The van der Waals surface area contributed by atoms with Crippen LogP contribution in [0.4, 0.5) is 0 Å². The molecule has 0 aliphatic heterocycles. The Morgan fingerprint density at radius 2 is 1.96 bits per heavy atom. The van der Waals surface area contributed by atoms with Gasteiger partial charge < -0.3 is 4.74 Å². The van der Waals surface area contributed by atoms with E-state index >= 15 is 0 Å². The maximum Gasteiger partial charge on any atom is 0.360 e. The summed E-state index contributed by atoms with van der Waals surface area (Å²) in [6.07, 6.45) is 2.90. The first kappa shape index (κ1) is 15.9. The summed E-state index contributed by atoms with van der Waals surface area (Å²) in [5.41, 5.74) is 2.98. The number of ether oxygens (including phenoxy) is 1. The van der Waals surface area contributed by atoms with E-state index in [1.807, 2.05) is 55.5 Å². The van der Waals surface area contributed by atoms with Gasteiger partial charge in [0.25, 0.3) is 0 Å². The summed E-state index contributed by atoms with van der Waals surface area (Å²) in [5.74, 6) is -0.464. The van der Waals surface area contributed by atoms with Crippen molar-refractivity contribution in [1.82, 2.24) is 20.0 Å². The summed E-state index contributed by atoms with van der Waals surface area (Å²) in [6, 6.07) is 15.3. The van der Waals surface area contributed by atoms with Crippen molar-refractivity contribution in [1.29, 1.82) is 0 Å². The number of hydrogen-bond acceptors (Lipinski definition) is 5. The lowest BCUT2D eigenvalue weighted by molar-refractivity contribution is 0.0493. The van der Waals surface area contributed by atoms with Gasteiger partial charge in [0.05, 0.1) is 18.5 Å². The lowest BCUT2D eigenvalue weighted by Gasteiger charge is -2.03. The maximum absolute atomic E-state index is 12.0. The minimum atomic E-state index is -0.464. The quantitative estimate of drug-likeness (QED) is 0.515. The van der Waals surface area contributed by atoms with Crippen molar-refractivity contribution < 1.29 is 9.53 Å². The molecule has 3 aromatic rings. The van der Waals surface area contributed by atoms with Gasteiger partial charge in [-0.2, -0.15) is 9.90 Å². The lowest BCUT2D eigenvalue weighted by atomic mass is 10.2. The Morgan fingerprint density at radius 1 is 1.12 bits per heavy atom. The van der Waals surface area contributed by atoms with Crippen LogP contribution in [0.15, 0.2) is 54.7 Å². The van der Waals surface area contributed by atoms with E-state index in [-0.39, 0.29) is 5.69 Å². The van der Waals surface area contributed by atoms with Crippen LogP contribution in [-0.2, 0) is 11.2 Å². The average molecular weight is 322 g/mol. The number of carbonyl (C=O) groups is 1. The first-order chi connectivity index (χ1) is 11.7. The first-order valence-corrected chi connectivity index (χ1v) is 7.80. The zero-order chi connectivity index (χ0) is 16.8. The fourth-order valence-electron chi connectivity index (χ4n) is 2.27. The Kier molecular flexibility index (Phi) is 4.96. The molecule has 3 rings (SSSR count). The van der Waals surface area contributed by atoms with Crippen LogP contribution < -0.4 is 0 Å². The van der Waals surface area contributed by atoms with E-state index < -0.39 is 5.97 Å². The summed E-state index contributed by atoms with van der Waals surface area (Å²) >= 11 is 0. The summed E-state index contributed by atoms with van der Waals surface area (Å²) < 4.78 is 5.25. The normalized spacial score (nSPS) is 10.5. The lowest BCUT2D eigenvalue weighted by Crippen LogP contribution is -2.09. The minimum Gasteiger partial charge on any atom is -0.461 e. The Hall–Kier alpha value is -3.02. The van der Waals surface area contributed by atoms with Crippen molar-refractivity contribution in [2.45, 2.75) is 19.8 Å². The van der Waals surface area contributed by atoms with Crippen LogP contribution in [0.3, 0.4) is 0 Å². The van der Waals surface area contributed by atoms with Crippen molar-refractivity contribution in [3.63, 3.8) is 0 Å². The molecule has 1 aromatic carbocycles. The number of aryl methyl sites for hydroxylation is 2. The average Bonchev–Trinajstić information content (AvgIpc) is 3.10. The molecule has 0 atom stereocenters. The van der Waals surface area contributed by atoms with Gasteiger partial charge in [-0.1, -0.05) is 24.3 Å². The van der Waals surface area contributed by atoms with E-state index in [0.29, 0.717) is 6.61 Å². The predicted octanol–water partition coefficient (Wildman–Crippen LogP) is 2.76. The van der Waals surface area contributed by atoms with Crippen LogP contribution in [0.25, 0.3) is 5.69 Å². The third kappa shape index (κ3) is 4.04. The molecule has 6 nitrogen and oxygen atoms in total. The number of carbonyl (C=O) groups excluding carboxylic acids is 1. The molecule has 0 bridgehead atoms. The molecular formula is C18H18N4O2. The summed E-state index contributed by atoms with van der Waals surface area (Å²) in [7, 11) is 0. The van der Waals surface area contributed by atoms with Crippen molar-refractivity contribution in [2.75, 3.05) is 6.61 Å². The number of benzene rings is 1. The molecule has 0 saturated carbocycles. The third-order valence-electron chi connectivity index (χ3n) is 3.44. The topological polar surface area (TPSA) is 69.9 Å². The van der Waals surface area contributed by atoms with E-state index in [1.54, 1.807) is 0 Å². The third-order valence-corrected chi connectivity index (χ3v) is 3.44. The number of para-hydroxylation sites is 1. The van der Waals surface area contributed by atoms with Crippen molar-refractivity contribution >= 4 is 5.97 Å². The summed E-state index contributed by atoms with van der Waals surface area (Å²) in [6.45, 7) is 2.28. The number of pyridine rings is 1. The van der Waals surface area contributed by atoms with Gasteiger partial charge in [-0.05, 0) is 44.0 Å². The van der Waals surface area contributed by atoms with Crippen LogP contribution >= 0.6 is 0 Å². The second-order valence-electron chi connectivity index (χ2n) is 5.36. The summed E-state index contributed by atoms with van der Waals surface area (Å²) in [4.78, 5) is 17.8. The number of aromatic nitrogens is 4. The molecule has 0 spiro atoms. The molecule has 24 heavy (non-hydrogen) atoms. The van der Waals surface area contributed by atoms with Crippen LogP contribution in [-0.4, -0.2) is 32.6 Å². The van der Waals surface area contributed by atoms with Crippen LogP contribution in [0, 0.1) is 6.92 Å². The van der Waals surface area contributed by atoms with Crippen LogP contribution in [0.5, 0.6) is 0 Å². The SMILES string of the molecule is Cc1cccc(CCCOC(=O)c2cnn(-c3ccccc3)n2)n1. The van der Waals surface area contributed by atoms with Gasteiger partial charge in [0, 0.05) is 11.4 Å². The largest absolute Gasteiger partial charge is 0.461 e. The monoisotopic (exact) mass is 322 g/mol. The molecule has 0 saturated heterocycles. The van der Waals surface area contributed by atoms with E-state index in [1.165, 1.54) is 11.0 Å². The predicted molar refractivity (Wildman–Crippen MR) is 88.9 cm³/mol. The molecule has 122 valence electrons. The fourth-order valence-corrected chi connectivity index (χ4v) is 2.27. The number of esters is 1. The highest BCUT2D eigenvalue weighted by Gasteiger charge is 2.12. The molecule has 0 unspecified atom stereocenters. The first-order valence-electron chi connectivity index (χ1n) is 7.80. The summed E-state index contributed by atoms with van der Waals surface area (Å²) in [5, 5.41) is 8.24. The maximum atomic E-state index is 12.0. The Bertz CT molecular complexity index is 815. The highest BCUT2D eigenvalue weighted by Crippen LogP contribution is 2.06. The Labute approximate surface area is 140 Å². The Balaban J connectivity index is 1.50. The zero-order valence-electron chi connectivity index (χ0n) is 13.4. The van der Waals surface area contributed by atoms with Gasteiger partial charge in [0.1, 0.15) is 0 Å². The standard InChI is InChI=1S/C18H18N4O2/c1-14-7-5-8-15(20-14)9-6-12-24-18(23)17-13-19-22(21-17)16-10-3-2-4-11-16/h2-5,7-8,10-11,13H,6,9,12H2,1H3. The van der Waals surface area contributed by atoms with Gasteiger partial charge in [-0.15, -0.1) is 5.10 Å². The van der Waals surface area contributed by atoms with Crippen LogP contribution in [0.2, 0.25) is 0 Å². The molecule has 0 aliphatic rings. The van der Waals surface area contributed by atoms with Crippen LogP contribution in [0.1, 0.15) is 28.3 Å². The molecule has 0 radical (unpaired) electrons. The molecule has 0 aliphatic carbocycles. The molecule has 2 heterocycles. The molecule has 0 N–H and O–H groups in total. The smallest absolute Gasteiger partial charge is 0.360 e. The van der Waals surface area contributed by atoms with E-state index in [2.05, 4.69) is 15.2 Å². The second-order valence-corrected chi connectivity index (χ2v) is 5.36. The van der Waals surface area contributed by atoms with Crippen molar-refractivity contribution in [2.24, 2.45) is 0 Å². The Morgan fingerprint density at radius 3 is 2.75 bits per heavy atom. The zero-order valence-corrected chi connectivity index (χ0v) is 13.4. The van der Waals surface area contributed by atoms with Gasteiger partial charge in [-0.25, -0.2) is 4.79 Å². The minimum absolute atomic E-state index is 0.201. The highest BCUT2D eigenvalue weighted by atomic mass is 16.5. The molecule has 6 heteroatoms. The number of rotatable bonds is 6. The van der Waals surface area contributed by atoms with Gasteiger partial charge in [-0.3, -0.25) is 4.98 Å².